The van der Waals surface area contributed by atoms with Crippen LogP contribution in [0, 0.1) is 0 Å². The topological polar surface area (TPSA) is 31.0 Å². The largest absolute Gasteiger partial charge is 0.490 e. The van der Waals surface area contributed by atoms with Crippen LogP contribution in [0.5, 0.6) is 11.5 Å². The summed E-state index contributed by atoms with van der Waals surface area (Å²) < 4.78 is 16.8. The molecule has 0 saturated carbocycles. The molecular weight excluding hydrogens is 276 g/mol. The van der Waals surface area contributed by atoms with E-state index in [9.17, 15) is 0 Å². The van der Waals surface area contributed by atoms with Gasteiger partial charge in [-0.1, -0.05) is 64.0 Å². The summed E-state index contributed by atoms with van der Waals surface area (Å²) in [5.41, 5.74) is 0. The van der Waals surface area contributed by atoms with E-state index in [-0.39, 0.29) is 6.10 Å². The fourth-order valence-corrected chi connectivity index (χ4v) is 2.45. The molecule has 0 aliphatic carbocycles. The first-order valence-corrected chi connectivity index (χ1v) is 8.86. The predicted molar refractivity (Wildman–Crippen MR) is 89.8 cm³/mol. The Labute approximate surface area is 135 Å². The predicted octanol–water partition coefficient (Wildman–Crippen LogP) is 4.98. The van der Waals surface area contributed by atoms with E-state index in [1.165, 1.54) is 44.9 Å². The number of benzene rings is 1. The Hall–Kier alpha value is -1.22. The number of epoxide rings is 1. The molecule has 0 aromatic heterocycles. The lowest BCUT2D eigenvalue weighted by molar-refractivity contribution is 0.239. The number of rotatable bonds is 13. The minimum atomic E-state index is 0.278. The summed E-state index contributed by atoms with van der Waals surface area (Å²) in [6.45, 7) is 4.48. The minimum absolute atomic E-state index is 0.278. The maximum absolute atomic E-state index is 5.87. The zero-order valence-electron chi connectivity index (χ0n) is 13.9. The fourth-order valence-electron chi connectivity index (χ4n) is 2.45. The van der Waals surface area contributed by atoms with Crippen molar-refractivity contribution < 1.29 is 14.2 Å². The van der Waals surface area contributed by atoms with Gasteiger partial charge in [-0.3, -0.25) is 0 Å². The molecule has 1 aliphatic heterocycles. The van der Waals surface area contributed by atoms with E-state index in [2.05, 4.69) is 6.92 Å². The first kappa shape index (κ1) is 17.1. The van der Waals surface area contributed by atoms with Crippen LogP contribution >= 0.6 is 0 Å². The number of hydrogen-bond donors (Lipinski definition) is 0. The van der Waals surface area contributed by atoms with Crippen LogP contribution in [0.2, 0.25) is 0 Å². The SMILES string of the molecule is CCCCCCCCCCOc1ccccc1OCC1CO1. The van der Waals surface area contributed by atoms with Gasteiger partial charge in [-0.25, -0.2) is 0 Å². The maximum Gasteiger partial charge on any atom is 0.161 e. The molecule has 3 nitrogen and oxygen atoms in total. The van der Waals surface area contributed by atoms with Crippen molar-refractivity contribution in [1.29, 1.82) is 0 Å². The smallest absolute Gasteiger partial charge is 0.161 e. The molecule has 0 radical (unpaired) electrons. The van der Waals surface area contributed by atoms with Crippen LogP contribution in [-0.2, 0) is 4.74 Å². The van der Waals surface area contributed by atoms with Gasteiger partial charge in [0.2, 0.25) is 0 Å². The molecule has 0 bridgehead atoms. The lowest BCUT2D eigenvalue weighted by Gasteiger charge is -2.12. The minimum Gasteiger partial charge on any atom is -0.490 e. The van der Waals surface area contributed by atoms with E-state index in [0.717, 1.165) is 31.1 Å². The lowest BCUT2D eigenvalue weighted by atomic mass is 10.1. The first-order valence-electron chi connectivity index (χ1n) is 8.86. The van der Waals surface area contributed by atoms with E-state index in [1.54, 1.807) is 0 Å². The summed E-state index contributed by atoms with van der Waals surface area (Å²) in [5.74, 6) is 1.68. The second-order valence-corrected chi connectivity index (χ2v) is 6.04. The van der Waals surface area contributed by atoms with Gasteiger partial charge in [-0.2, -0.15) is 0 Å². The van der Waals surface area contributed by atoms with Crippen LogP contribution in [0.3, 0.4) is 0 Å². The Balaban J connectivity index is 1.54. The Kier molecular flexibility index (Phi) is 8.18. The van der Waals surface area contributed by atoms with Crippen LogP contribution in [0.1, 0.15) is 58.3 Å². The Bertz CT molecular complexity index is 401. The van der Waals surface area contributed by atoms with Gasteiger partial charge in [0.25, 0.3) is 0 Å². The van der Waals surface area contributed by atoms with Gasteiger partial charge in [0.05, 0.1) is 13.2 Å². The van der Waals surface area contributed by atoms with Crippen molar-refractivity contribution in [2.24, 2.45) is 0 Å². The van der Waals surface area contributed by atoms with Crippen molar-refractivity contribution in [3.05, 3.63) is 24.3 Å². The fraction of sp³-hybridized carbons (Fsp3) is 0.684. The number of hydrogen-bond acceptors (Lipinski definition) is 3. The summed E-state index contributed by atoms with van der Waals surface area (Å²) in [6.07, 6.45) is 10.8. The zero-order valence-corrected chi connectivity index (χ0v) is 13.9. The van der Waals surface area contributed by atoms with E-state index in [1.807, 2.05) is 24.3 Å². The standard InChI is InChI=1S/C19H30O3/c1-2-3-4-5-6-7-8-11-14-20-18-12-9-10-13-19(18)22-16-17-15-21-17/h9-10,12-13,17H,2-8,11,14-16H2,1H3. The molecule has 1 atom stereocenters. The molecule has 22 heavy (non-hydrogen) atoms. The number of ether oxygens (including phenoxy) is 3. The highest BCUT2D eigenvalue weighted by Crippen LogP contribution is 2.27. The van der Waals surface area contributed by atoms with Crippen LogP contribution in [0.25, 0.3) is 0 Å². The molecule has 1 fully saturated rings. The molecule has 0 N–H and O–H groups in total. The molecule has 1 aromatic rings. The van der Waals surface area contributed by atoms with Crippen molar-refractivity contribution >= 4 is 0 Å². The third-order valence-electron chi connectivity index (χ3n) is 3.93. The molecular formula is C19H30O3. The van der Waals surface area contributed by atoms with E-state index < -0.39 is 0 Å². The van der Waals surface area contributed by atoms with Crippen LogP contribution in [0.15, 0.2) is 24.3 Å². The van der Waals surface area contributed by atoms with Gasteiger partial charge < -0.3 is 14.2 Å². The molecule has 1 heterocycles. The van der Waals surface area contributed by atoms with Gasteiger partial charge in [-0.05, 0) is 18.6 Å². The molecule has 1 aliphatic rings. The van der Waals surface area contributed by atoms with Crippen molar-refractivity contribution in [1.82, 2.24) is 0 Å². The Morgan fingerprint density at radius 1 is 0.909 bits per heavy atom. The lowest BCUT2D eigenvalue weighted by Crippen LogP contribution is -2.06. The van der Waals surface area contributed by atoms with Gasteiger partial charge in [0.15, 0.2) is 11.5 Å². The van der Waals surface area contributed by atoms with E-state index >= 15 is 0 Å². The quantitative estimate of drug-likeness (QED) is 0.380. The second kappa shape index (κ2) is 10.5. The maximum atomic E-state index is 5.87. The Morgan fingerprint density at radius 2 is 1.50 bits per heavy atom. The highest BCUT2D eigenvalue weighted by atomic mass is 16.6. The highest BCUT2D eigenvalue weighted by Gasteiger charge is 2.23. The monoisotopic (exact) mass is 306 g/mol. The summed E-state index contributed by atoms with van der Waals surface area (Å²) in [6, 6.07) is 7.91. The van der Waals surface area contributed by atoms with Crippen LogP contribution in [0.4, 0.5) is 0 Å². The van der Waals surface area contributed by atoms with Crippen molar-refractivity contribution in [3.63, 3.8) is 0 Å². The van der Waals surface area contributed by atoms with Gasteiger partial charge >= 0.3 is 0 Å². The van der Waals surface area contributed by atoms with Crippen molar-refractivity contribution in [2.75, 3.05) is 19.8 Å². The summed E-state index contributed by atoms with van der Waals surface area (Å²) in [5, 5.41) is 0. The van der Waals surface area contributed by atoms with Gasteiger partial charge in [0.1, 0.15) is 12.7 Å². The first-order chi connectivity index (χ1) is 10.9. The second-order valence-electron chi connectivity index (χ2n) is 6.04. The normalized spacial score (nSPS) is 16.5. The summed E-state index contributed by atoms with van der Waals surface area (Å²) in [7, 11) is 0. The summed E-state index contributed by atoms with van der Waals surface area (Å²) >= 11 is 0. The molecule has 124 valence electrons. The molecule has 2 rings (SSSR count). The third kappa shape index (κ3) is 7.17. The van der Waals surface area contributed by atoms with E-state index in [4.69, 9.17) is 14.2 Å². The average molecular weight is 306 g/mol. The number of para-hydroxylation sites is 2. The molecule has 1 aromatic carbocycles. The highest BCUT2D eigenvalue weighted by molar-refractivity contribution is 5.39. The van der Waals surface area contributed by atoms with Crippen LogP contribution in [-0.4, -0.2) is 25.9 Å². The summed E-state index contributed by atoms with van der Waals surface area (Å²) in [4.78, 5) is 0. The molecule has 1 unspecified atom stereocenters. The molecule has 0 spiro atoms. The Morgan fingerprint density at radius 3 is 2.14 bits per heavy atom. The van der Waals surface area contributed by atoms with Crippen LogP contribution < -0.4 is 9.47 Å². The number of unbranched alkanes of at least 4 members (excludes halogenated alkanes) is 7. The molecule has 1 saturated heterocycles. The van der Waals surface area contributed by atoms with Gasteiger partial charge in [0, 0.05) is 0 Å². The van der Waals surface area contributed by atoms with Gasteiger partial charge in [-0.15, -0.1) is 0 Å². The van der Waals surface area contributed by atoms with Crippen molar-refractivity contribution in [3.8, 4) is 11.5 Å². The zero-order chi connectivity index (χ0) is 15.5. The average Bonchev–Trinajstić information content (AvgIpc) is 3.36. The third-order valence-corrected chi connectivity index (χ3v) is 3.93. The molecule has 0 amide bonds. The van der Waals surface area contributed by atoms with E-state index in [0.29, 0.717) is 6.61 Å². The molecule has 3 heteroatoms. The van der Waals surface area contributed by atoms with Crippen molar-refractivity contribution in [2.45, 2.75) is 64.4 Å².